The van der Waals surface area contributed by atoms with Gasteiger partial charge in [0.2, 0.25) is 0 Å². The Balaban J connectivity index is 2.09. The summed E-state index contributed by atoms with van der Waals surface area (Å²) in [4.78, 5) is 0. The van der Waals surface area contributed by atoms with Crippen molar-refractivity contribution >= 4 is 11.8 Å². The van der Waals surface area contributed by atoms with Crippen LogP contribution in [0.25, 0.3) is 0 Å². The molecular weight excluding hydrogens is 202 g/mol. The van der Waals surface area contributed by atoms with E-state index >= 15 is 0 Å². The molecule has 0 spiro atoms. The maximum atomic E-state index is 5.93. The molecule has 1 nitrogen and oxygen atoms in total. The highest BCUT2D eigenvalue weighted by molar-refractivity contribution is 7.99. The second-order valence-corrected chi connectivity index (χ2v) is 5.77. The lowest BCUT2D eigenvalue weighted by molar-refractivity contribution is 0.346. The van der Waals surface area contributed by atoms with E-state index in [1.807, 2.05) is 11.8 Å². The van der Waals surface area contributed by atoms with E-state index in [9.17, 15) is 0 Å². The van der Waals surface area contributed by atoms with Crippen LogP contribution >= 0.6 is 11.8 Å². The summed E-state index contributed by atoms with van der Waals surface area (Å²) in [7, 11) is 0. The molecule has 0 aromatic heterocycles. The zero-order valence-electron chi connectivity index (χ0n) is 9.33. The van der Waals surface area contributed by atoms with Gasteiger partial charge < -0.3 is 5.73 Å². The maximum Gasteiger partial charge on any atom is 0.000477 e. The molecule has 2 rings (SSSR count). The minimum atomic E-state index is 0.375. The highest BCUT2D eigenvalue weighted by Crippen LogP contribution is 2.37. The molecule has 1 unspecified atom stereocenters. The standard InChI is InChI=1S/C13H19NS/c1-11-2-4-12(5-3-11)8-13(9-14)6-7-15-10-13/h2-5H,6-10,14H2,1H3. The van der Waals surface area contributed by atoms with Crippen LogP contribution < -0.4 is 5.73 Å². The molecule has 15 heavy (non-hydrogen) atoms. The van der Waals surface area contributed by atoms with Crippen LogP contribution in [0.1, 0.15) is 17.5 Å². The van der Waals surface area contributed by atoms with Crippen LogP contribution in [0.4, 0.5) is 0 Å². The van der Waals surface area contributed by atoms with Crippen LogP contribution in [0.3, 0.4) is 0 Å². The van der Waals surface area contributed by atoms with Crippen molar-refractivity contribution in [2.24, 2.45) is 11.1 Å². The molecule has 0 amide bonds. The average Bonchev–Trinajstić information content (AvgIpc) is 2.71. The molecule has 0 saturated carbocycles. The van der Waals surface area contributed by atoms with Gasteiger partial charge in [-0.3, -0.25) is 0 Å². The summed E-state index contributed by atoms with van der Waals surface area (Å²) >= 11 is 2.05. The van der Waals surface area contributed by atoms with Gasteiger partial charge >= 0.3 is 0 Å². The molecule has 2 N–H and O–H groups in total. The van der Waals surface area contributed by atoms with Crippen LogP contribution in [0.5, 0.6) is 0 Å². The van der Waals surface area contributed by atoms with Gasteiger partial charge in [-0.25, -0.2) is 0 Å². The lowest BCUT2D eigenvalue weighted by Crippen LogP contribution is -2.32. The van der Waals surface area contributed by atoms with Crippen molar-refractivity contribution in [3.8, 4) is 0 Å². The molecule has 1 aliphatic heterocycles. The third kappa shape index (κ3) is 2.56. The summed E-state index contributed by atoms with van der Waals surface area (Å²) < 4.78 is 0. The summed E-state index contributed by atoms with van der Waals surface area (Å²) in [6.07, 6.45) is 2.43. The first-order valence-electron chi connectivity index (χ1n) is 5.57. The molecule has 1 aliphatic rings. The van der Waals surface area contributed by atoms with Crippen molar-refractivity contribution in [1.82, 2.24) is 0 Å². The van der Waals surface area contributed by atoms with E-state index in [1.165, 1.54) is 29.1 Å². The van der Waals surface area contributed by atoms with E-state index in [0.29, 0.717) is 5.41 Å². The van der Waals surface area contributed by atoms with E-state index in [-0.39, 0.29) is 0 Å². The molecule has 1 fully saturated rings. The van der Waals surface area contributed by atoms with E-state index in [4.69, 9.17) is 5.73 Å². The Hall–Kier alpha value is -0.470. The van der Waals surface area contributed by atoms with Gasteiger partial charge in [-0.05, 0) is 43.0 Å². The Bertz CT molecular complexity index is 312. The number of hydrogen-bond acceptors (Lipinski definition) is 2. The summed E-state index contributed by atoms with van der Waals surface area (Å²) in [5.41, 5.74) is 9.08. The van der Waals surface area contributed by atoms with Crippen LogP contribution in [-0.2, 0) is 6.42 Å². The quantitative estimate of drug-likeness (QED) is 0.849. The molecule has 2 heteroatoms. The Morgan fingerprint density at radius 1 is 1.33 bits per heavy atom. The van der Waals surface area contributed by atoms with Gasteiger partial charge in [-0.1, -0.05) is 29.8 Å². The van der Waals surface area contributed by atoms with E-state index in [1.54, 1.807) is 0 Å². The second kappa shape index (κ2) is 4.58. The normalized spacial score (nSPS) is 25.7. The van der Waals surface area contributed by atoms with E-state index in [2.05, 4.69) is 31.2 Å². The fourth-order valence-electron chi connectivity index (χ4n) is 2.16. The minimum Gasteiger partial charge on any atom is -0.330 e. The Morgan fingerprint density at radius 3 is 2.60 bits per heavy atom. The van der Waals surface area contributed by atoms with Gasteiger partial charge in [0, 0.05) is 5.75 Å². The highest BCUT2D eigenvalue weighted by atomic mass is 32.2. The first-order chi connectivity index (χ1) is 7.24. The Kier molecular flexibility index (Phi) is 3.37. The lowest BCUT2D eigenvalue weighted by Gasteiger charge is -2.26. The summed E-state index contributed by atoms with van der Waals surface area (Å²) in [5, 5.41) is 0. The van der Waals surface area contributed by atoms with Crippen molar-refractivity contribution in [3.05, 3.63) is 35.4 Å². The van der Waals surface area contributed by atoms with Crippen molar-refractivity contribution < 1.29 is 0 Å². The average molecular weight is 221 g/mol. The second-order valence-electron chi connectivity index (χ2n) is 4.67. The minimum absolute atomic E-state index is 0.375. The molecule has 1 atom stereocenters. The molecule has 82 valence electrons. The third-order valence-corrected chi connectivity index (χ3v) is 4.63. The maximum absolute atomic E-state index is 5.93. The zero-order valence-corrected chi connectivity index (χ0v) is 10.1. The first kappa shape index (κ1) is 11.0. The van der Waals surface area contributed by atoms with Gasteiger partial charge in [-0.2, -0.15) is 11.8 Å². The van der Waals surface area contributed by atoms with Gasteiger partial charge in [0.05, 0.1) is 0 Å². The van der Waals surface area contributed by atoms with Crippen molar-refractivity contribution in [2.45, 2.75) is 19.8 Å². The number of hydrogen-bond donors (Lipinski definition) is 1. The molecular formula is C13H19NS. The summed E-state index contributed by atoms with van der Waals surface area (Å²) in [6.45, 7) is 2.96. The Morgan fingerprint density at radius 2 is 2.07 bits per heavy atom. The van der Waals surface area contributed by atoms with Crippen molar-refractivity contribution in [3.63, 3.8) is 0 Å². The topological polar surface area (TPSA) is 26.0 Å². The molecule has 1 aromatic carbocycles. The molecule has 1 heterocycles. The van der Waals surface area contributed by atoms with E-state index in [0.717, 1.165) is 13.0 Å². The predicted octanol–water partition coefficient (Wildman–Crippen LogP) is 2.62. The molecule has 0 bridgehead atoms. The summed E-state index contributed by atoms with van der Waals surface area (Å²) in [5.74, 6) is 2.51. The first-order valence-corrected chi connectivity index (χ1v) is 6.73. The number of thioether (sulfide) groups is 1. The van der Waals surface area contributed by atoms with Crippen molar-refractivity contribution in [2.75, 3.05) is 18.1 Å². The lowest BCUT2D eigenvalue weighted by atomic mass is 9.81. The molecule has 0 aliphatic carbocycles. The van der Waals surface area contributed by atoms with Crippen LogP contribution in [0.2, 0.25) is 0 Å². The summed E-state index contributed by atoms with van der Waals surface area (Å²) in [6, 6.07) is 8.88. The number of rotatable bonds is 3. The Labute approximate surface area is 96.4 Å². The highest BCUT2D eigenvalue weighted by Gasteiger charge is 2.32. The number of benzene rings is 1. The van der Waals surface area contributed by atoms with Crippen molar-refractivity contribution in [1.29, 1.82) is 0 Å². The molecule has 0 radical (unpaired) electrons. The fraction of sp³-hybridized carbons (Fsp3) is 0.538. The van der Waals surface area contributed by atoms with Gasteiger partial charge in [-0.15, -0.1) is 0 Å². The SMILES string of the molecule is Cc1ccc(CC2(CN)CCSC2)cc1. The third-order valence-electron chi connectivity index (χ3n) is 3.32. The van der Waals surface area contributed by atoms with E-state index < -0.39 is 0 Å². The van der Waals surface area contributed by atoms with Crippen LogP contribution in [0, 0.1) is 12.3 Å². The van der Waals surface area contributed by atoms with Gasteiger partial charge in [0.1, 0.15) is 0 Å². The number of aryl methyl sites for hydroxylation is 1. The monoisotopic (exact) mass is 221 g/mol. The smallest absolute Gasteiger partial charge is 0.000477 e. The van der Waals surface area contributed by atoms with Crippen LogP contribution in [0.15, 0.2) is 24.3 Å². The van der Waals surface area contributed by atoms with Crippen LogP contribution in [-0.4, -0.2) is 18.1 Å². The fourth-order valence-corrected chi connectivity index (χ4v) is 3.68. The molecule has 1 saturated heterocycles. The largest absolute Gasteiger partial charge is 0.330 e. The number of nitrogens with two attached hydrogens (primary N) is 1. The van der Waals surface area contributed by atoms with Gasteiger partial charge in [0.25, 0.3) is 0 Å². The zero-order chi connectivity index (χ0) is 10.7. The predicted molar refractivity (Wildman–Crippen MR) is 68.3 cm³/mol. The van der Waals surface area contributed by atoms with Gasteiger partial charge in [0.15, 0.2) is 0 Å². The molecule has 1 aromatic rings.